The lowest BCUT2D eigenvalue weighted by Gasteiger charge is -2.15. The predicted molar refractivity (Wildman–Crippen MR) is 76.2 cm³/mol. The van der Waals surface area contributed by atoms with E-state index in [4.69, 9.17) is 0 Å². The molecule has 0 spiro atoms. The average molecular weight is 270 g/mol. The number of rotatable bonds is 3. The van der Waals surface area contributed by atoms with Crippen molar-refractivity contribution in [1.29, 1.82) is 0 Å². The molecule has 1 atom stereocenters. The number of anilines is 1. The molecule has 5 heteroatoms. The lowest BCUT2D eigenvalue weighted by molar-refractivity contribution is 0.626. The van der Waals surface area contributed by atoms with Crippen LogP contribution in [-0.2, 0) is 0 Å². The van der Waals surface area contributed by atoms with E-state index in [0.717, 1.165) is 22.6 Å². The van der Waals surface area contributed by atoms with Gasteiger partial charge in [0.05, 0.1) is 11.7 Å². The van der Waals surface area contributed by atoms with Gasteiger partial charge in [-0.2, -0.15) is 5.10 Å². The number of aromatic nitrogens is 3. The molecule has 0 bridgehead atoms. The van der Waals surface area contributed by atoms with Crippen LogP contribution in [0.2, 0.25) is 0 Å². The molecule has 0 radical (unpaired) electrons. The van der Waals surface area contributed by atoms with Crippen molar-refractivity contribution in [2.75, 3.05) is 5.32 Å². The Hall–Kier alpha value is -2.43. The Morgan fingerprint density at radius 1 is 1.25 bits per heavy atom. The quantitative estimate of drug-likeness (QED) is 0.793. The zero-order valence-electron chi connectivity index (χ0n) is 11.3. The third kappa shape index (κ3) is 2.34. The van der Waals surface area contributed by atoms with E-state index < -0.39 is 0 Å². The fraction of sp³-hybridized carbons (Fsp3) is 0.200. The first-order chi connectivity index (χ1) is 9.63. The highest BCUT2D eigenvalue weighted by molar-refractivity contribution is 5.68. The van der Waals surface area contributed by atoms with Crippen LogP contribution in [0.3, 0.4) is 0 Å². The van der Waals surface area contributed by atoms with Crippen LogP contribution >= 0.6 is 0 Å². The van der Waals surface area contributed by atoms with Crippen LogP contribution in [0.1, 0.15) is 24.2 Å². The Morgan fingerprint density at radius 3 is 2.75 bits per heavy atom. The van der Waals surface area contributed by atoms with Crippen molar-refractivity contribution in [2.45, 2.75) is 19.9 Å². The van der Waals surface area contributed by atoms with Crippen LogP contribution in [0, 0.1) is 12.7 Å². The lowest BCUT2D eigenvalue weighted by Crippen LogP contribution is -2.09. The van der Waals surface area contributed by atoms with Crippen LogP contribution in [-0.4, -0.2) is 14.6 Å². The Labute approximate surface area is 116 Å². The summed E-state index contributed by atoms with van der Waals surface area (Å²) in [7, 11) is 0. The summed E-state index contributed by atoms with van der Waals surface area (Å²) in [6.45, 7) is 3.96. The maximum atomic E-state index is 12.9. The van der Waals surface area contributed by atoms with E-state index in [1.54, 1.807) is 22.8 Å². The van der Waals surface area contributed by atoms with Crippen molar-refractivity contribution in [3.63, 3.8) is 0 Å². The van der Waals surface area contributed by atoms with Gasteiger partial charge in [0.2, 0.25) is 0 Å². The number of nitrogens with one attached hydrogen (secondary N) is 1. The minimum absolute atomic E-state index is 0.0320. The molecule has 4 nitrogen and oxygen atoms in total. The molecular formula is C15H15FN4. The molecule has 0 saturated heterocycles. The molecule has 0 aliphatic rings. The van der Waals surface area contributed by atoms with E-state index >= 15 is 0 Å². The van der Waals surface area contributed by atoms with Crippen molar-refractivity contribution < 1.29 is 4.39 Å². The second-order valence-corrected chi connectivity index (χ2v) is 4.81. The van der Waals surface area contributed by atoms with E-state index in [1.165, 1.54) is 12.1 Å². The molecule has 0 aliphatic heterocycles. The Morgan fingerprint density at radius 2 is 2.00 bits per heavy atom. The van der Waals surface area contributed by atoms with Crippen molar-refractivity contribution in [3.05, 3.63) is 59.8 Å². The van der Waals surface area contributed by atoms with Crippen LogP contribution in [0.25, 0.3) is 5.52 Å². The molecule has 0 amide bonds. The summed E-state index contributed by atoms with van der Waals surface area (Å²) in [5.41, 5.74) is 2.88. The number of halogens is 1. The van der Waals surface area contributed by atoms with E-state index in [1.807, 2.05) is 26.1 Å². The summed E-state index contributed by atoms with van der Waals surface area (Å²) in [4.78, 5) is 4.36. The molecule has 2 aromatic heterocycles. The van der Waals surface area contributed by atoms with Gasteiger partial charge in [-0.05, 0) is 37.6 Å². The predicted octanol–water partition coefficient (Wildman–Crippen LogP) is 3.35. The SMILES string of the molecule is Cc1cc2c(NC(C)c3ccc(F)cc3)nccn2n1. The van der Waals surface area contributed by atoms with Gasteiger partial charge in [-0.15, -0.1) is 0 Å². The van der Waals surface area contributed by atoms with Crippen molar-refractivity contribution in [1.82, 2.24) is 14.6 Å². The molecule has 20 heavy (non-hydrogen) atoms. The normalized spacial score (nSPS) is 12.6. The Kier molecular flexibility index (Phi) is 3.10. The Bertz CT molecular complexity index is 733. The van der Waals surface area contributed by atoms with E-state index in [9.17, 15) is 4.39 Å². The maximum Gasteiger partial charge on any atom is 0.152 e. The van der Waals surface area contributed by atoms with Gasteiger partial charge in [0, 0.05) is 12.4 Å². The van der Waals surface area contributed by atoms with Crippen LogP contribution in [0.15, 0.2) is 42.7 Å². The van der Waals surface area contributed by atoms with Crippen LogP contribution in [0.4, 0.5) is 10.2 Å². The molecule has 0 aliphatic carbocycles. The van der Waals surface area contributed by atoms with Gasteiger partial charge in [0.25, 0.3) is 0 Å². The van der Waals surface area contributed by atoms with Crippen molar-refractivity contribution >= 4 is 11.3 Å². The van der Waals surface area contributed by atoms with E-state index in [2.05, 4.69) is 15.4 Å². The first-order valence-corrected chi connectivity index (χ1v) is 6.46. The van der Waals surface area contributed by atoms with Gasteiger partial charge in [-0.25, -0.2) is 13.9 Å². The van der Waals surface area contributed by atoms with Gasteiger partial charge in [0.15, 0.2) is 5.82 Å². The minimum atomic E-state index is -0.229. The highest BCUT2D eigenvalue weighted by Gasteiger charge is 2.10. The maximum absolute atomic E-state index is 12.9. The molecule has 0 saturated carbocycles. The third-order valence-electron chi connectivity index (χ3n) is 3.24. The van der Waals surface area contributed by atoms with Gasteiger partial charge >= 0.3 is 0 Å². The molecule has 1 N–H and O–H groups in total. The molecule has 2 heterocycles. The highest BCUT2D eigenvalue weighted by atomic mass is 19.1. The zero-order chi connectivity index (χ0) is 14.1. The van der Waals surface area contributed by atoms with E-state index in [-0.39, 0.29) is 11.9 Å². The molecule has 1 unspecified atom stereocenters. The largest absolute Gasteiger partial charge is 0.362 e. The number of aryl methyl sites for hydroxylation is 1. The molecule has 3 aromatic rings. The average Bonchev–Trinajstić information content (AvgIpc) is 2.81. The fourth-order valence-electron chi connectivity index (χ4n) is 2.20. The molecular weight excluding hydrogens is 255 g/mol. The Balaban J connectivity index is 1.90. The summed E-state index contributed by atoms with van der Waals surface area (Å²) in [5.74, 6) is 0.539. The monoisotopic (exact) mass is 270 g/mol. The van der Waals surface area contributed by atoms with Gasteiger partial charge in [-0.3, -0.25) is 0 Å². The fourth-order valence-corrected chi connectivity index (χ4v) is 2.20. The summed E-state index contributed by atoms with van der Waals surface area (Å²) < 4.78 is 14.7. The molecule has 1 aromatic carbocycles. The first kappa shape index (κ1) is 12.6. The molecule has 0 fully saturated rings. The van der Waals surface area contributed by atoms with Crippen LogP contribution < -0.4 is 5.32 Å². The van der Waals surface area contributed by atoms with Crippen molar-refractivity contribution in [3.8, 4) is 0 Å². The van der Waals surface area contributed by atoms with E-state index in [0.29, 0.717) is 0 Å². The van der Waals surface area contributed by atoms with Gasteiger partial charge in [-0.1, -0.05) is 12.1 Å². The first-order valence-electron chi connectivity index (χ1n) is 6.46. The molecule has 3 rings (SSSR count). The number of benzene rings is 1. The zero-order valence-corrected chi connectivity index (χ0v) is 11.3. The number of hydrogen-bond donors (Lipinski definition) is 1. The summed E-state index contributed by atoms with van der Waals surface area (Å²) in [5, 5.41) is 7.69. The lowest BCUT2D eigenvalue weighted by atomic mass is 10.1. The standard InChI is InChI=1S/C15H15FN4/c1-10-9-14-15(17-7-8-20(14)19-10)18-11(2)12-3-5-13(16)6-4-12/h3-9,11H,1-2H3,(H,17,18). The second-order valence-electron chi connectivity index (χ2n) is 4.81. The summed E-state index contributed by atoms with van der Waals surface area (Å²) in [6, 6.07) is 8.48. The summed E-state index contributed by atoms with van der Waals surface area (Å²) in [6.07, 6.45) is 3.52. The summed E-state index contributed by atoms with van der Waals surface area (Å²) >= 11 is 0. The molecule has 102 valence electrons. The highest BCUT2D eigenvalue weighted by Crippen LogP contribution is 2.21. The number of nitrogens with zero attached hydrogens (tertiary/aromatic N) is 3. The van der Waals surface area contributed by atoms with Crippen LogP contribution in [0.5, 0.6) is 0 Å². The smallest absolute Gasteiger partial charge is 0.152 e. The minimum Gasteiger partial charge on any atom is -0.362 e. The topological polar surface area (TPSA) is 42.2 Å². The number of hydrogen-bond acceptors (Lipinski definition) is 3. The second kappa shape index (κ2) is 4.92. The van der Waals surface area contributed by atoms with Gasteiger partial charge < -0.3 is 5.32 Å². The number of fused-ring (bicyclic) bond motifs is 1. The third-order valence-corrected chi connectivity index (χ3v) is 3.24. The van der Waals surface area contributed by atoms with Crippen molar-refractivity contribution in [2.24, 2.45) is 0 Å². The van der Waals surface area contributed by atoms with Gasteiger partial charge in [0.1, 0.15) is 11.3 Å².